The largest absolute Gasteiger partial charge is 0.493 e. The molecule has 7 heteroatoms. The second-order valence-corrected chi connectivity index (χ2v) is 7.00. The highest BCUT2D eigenvalue weighted by molar-refractivity contribution is 7.97. The zero-order valence-electron chi connectivity index (χ0n) is 16.8. The molecule has 2 aromatic carbocycles. The first-order chi connectivity index (χ1) is 13.6. The Bertz CT molecular complexity index is 799. The standard InChI is InChI=1S/C21H28FN3O2S/c1-23-21(25-13-16-6-7-18(22)12-17(16)14-28-4)24-10-9-15-5-8-19(26-2)20(11-15)27-3/h5-8,11-12H,9-10,13-14H2,1-4H3,(H2,23,24,25). The summed E-state index contributed by atoms with van der Waals surface area (Å²) in [6.07, 6.45) is 2.83. The molecular formula is C21H28FN3O2S. The Morgan fingerprint density at radius 3 is 2.50 bits per heavy atom. The molecule has 2 rings (SSSR count). The lowest BCUT2D eigenvalue weighted by molar-refractivity contribution is 0.354. The van der Waals surface area contributed by atoms with Gasteiger partial charge in [0, 0.05) is 25.9 Å². The summed E-state index contributed by atoms with van der Waals surface area (Å²) in [4.78, 5) is 4.26. The number of methoxy groups -OCH3 is 2. The van der Waals surface area contributed by atoms with Crippen molar-refractivity contribution in [1.82, 2.24) is 10.6 Å². The third kappa shape index (κ3) is 6.34. The van der Waals surface area contributed by atoms with Crippen molar-refractivity contribution in [3.05, 3.63) is 58.9 Å². The summed E-state index contributed by atoms with van der Waals surface area (Å²) in [5.41, 5.74) is 3.21. The highest BCUT2D eigenvalue weighted by Gasteiger charge is 2.07. The van der Waals surface area contributed by atoms with Crippen LogP contribution in [0.4, 0.5) is 4.39 Å². The average molecular weight is 406 g/mol. The van der Waals surface area contributed by atoms with Gasteiger partial charge in [0.1, 0.15) is 5.82 Å². The number of ether oxygens (including phenoxy) is 2. The average Bonchev–Trinajstić information content (AvgIpc) is 2.71. The van der Waals surface area contributed by atoms with E-state index in [9.17, 15) is 4.39 Å². The lowest BCUT2D eigenvalue weighted by atomic mass is 10.1. The van der Waals surface area contributed by atoms with E-state index in [-0.39, 0.29) is 5.82 Å². The van der Waals surface area contributed by atoms with Gasteiger partial charge < -0.3 is 20.1 Å². The number of benzene rings is 2. The van der Waals surface area contributed by atoms with Gasteiger partial charge in [-0.1, -0.05) is 12.1 Å². The van der Waals surface area contributed by atoms with Crippen LogP contribution >= 0.6 is 11.8 Å². The van der Waals surface area contributed by atoms with E-state index in [2.05, 4.69) is 15.6 Å². The molecule has 0 saturated carbocycles. The van der Waals surface area contributed by atoms with Crippen LogP contribution in [0.2, 0.25) is 0 Å². The van der Waals surface area contributed by atoms with Gasteiger partial charge in [0.2, 0.25) is 0 Å². The summed E-state index contributed by atoms with van der Waals surface area (Å²) in [6, 6.07) is 10.8. The summed E-state index contributed by atoms with van der Waals surface area (Å²) in [5, 5.41) is 6.60. The number of hydrogen-bond donors (Lipinski definition) is 2. The van der Waals surface area contributed by atoms with Gasteiger partial charge in [0.05, 0.1) is 14.2 Å². The van der Waals surface area contributed by atoms with Crippen molar-refractivity contribution in [2.24, 2.45) is 4.99 Å². The van der Waals surface area contributed by atoms with Crippen LogP contribution in [0.25, 0.3) is 0 Å². The zero-order chi connectivity index (χ0) is 20.4. The molecule has 2 aromatic rings. The Balaban J connectivity index is 1.89. The molecule has 0 spiro atoms. The molecule has 0 aliphatic heterocycles. The van der Waals surface area contributed by atoms with Crippen LogP contribution < -0.4 is 20.1 Å². The fourth-order valence-corrected chi connectivity index (χ4v) is 3.40. The number of nitrogens with one attached hydrogen (secondary N) is 2. The van der Waals surface area contributed by atoms with Gasteiger partial charge in [0.25, 0.3) is 0 Å². The topological polar surface area (TPSA) is 54.9 Å². The molecular weight excluding hydrogens is 377 g/mol. The molecule has 0 heterocycles. The van der Waals surface area contributed by atoms with E-state index in [4.69, 9.17) is 9.47 Å². The van der Waals surface area contributed by atoms with E-state index in [1.54, 1.807) is 39.1 Å². The summed E-state index contributed by atoms with van der Waals surface area (Å²) in [6.45, 7) is 1.31. The number of rotatable bonds is 9. The maximum absolute atomic E-state index is 13.5. The van der Waals surface area contributed by atoms with Crippen molar-refractivity contribution in [3.8, 4) is 11.5 Å². The number of thioether (sulfide) groups is 1. The van der Waals surface area contributed by atoms with E-state index in [0.29, 0.717) is 12.5 Å². The first-order valence-corrected chi connectivity index (χ1v) is 10.4. The molecule has 0 aliphatic carbocycles. The van der Waals surface area contributed by atoms with E-state index in [1.165, 1.54) is 6.07 Å². The normalized spacial score (nSPS) is 11.2. The molecule has 0 saturated heterocycles. The van der Waals surface area contributed by atoms with Crippen molar-refractivity contribution in [1.29, 1.82) is 0 Å². The fraction of sp³-hybridized carbons (Fsp3) is 0.381. The van der Waals surface area contributed by atoms with Gasteiger partial charge in [-0.3, -0.25) is 4.99 Å². The fourth-order valence-electron chi connectivity index (χ4n) is 2.82. The number of hydrogen-bond acceptors (Lipinski definition) is 4. The number of aliphatic imine (C=N–C) groups is 1. The molecule has 0 fully saturated rings. The highest BCUT2D eigenvalue weighted by atomic mass is 32.2. The Morgan fingerprint density at radius 1 is 1.04 bits per heavy atom. The summed E-state index contributed by atoms with van der Waals surface area (Å²) in [5.74, 6) is 2.72. The summed E-state index contributed by atoms with van der Waals surface area (Å²) < 4.78 is 24.1. The van der Waals surface area contributed by atoms with Gasteiger partial charge in [-0.05, 0) is 53.6 Å². The van der Waals surface area contributed by atoms with Crippen molar-refractivity contribution in [2.45, 2.75) is 18.7 Å². The number of guanidine groups is 1. The first-order valence-electron chi connectivity index (χ1n) is 9.03. The van der Waals surface area contributed by atoms with Crippen molar-refractivity contribution >= 4 is 17.7 Å². The maximum Gasteiger partial charge on any atom is 0.191 e. The minimum absolute atomic E-state index is 0.203. The Labute approximate surface area is 170 Å². The van der Waals surface area contributed by atoms with Gasteiger partial charge >= 0.3 is 0 Å². The third-order valence-corrected chi connectivity index (χ3v) is 4.89. The SMILES string of the molecule is CN=C(NCCc1ccc(OC)c(OC)c1)NCc1ccc(F)cc1CSC. The maximum atomic E-state index is 13.5. The van der Waals surface area contributed by atoms with Crippen LogP contribution in [0.1, 0.15) is 16.7 Å². The first kappa shape index (κ1) is 21.9. The zero-order valence-corrected chi connectivity index (χ0v) is 17.7. The van der Waals surface area contributed by atoms with E-state index in [1.807, 2.05) is 30.5 Å². The monoisotopic (exact) mass is 405 g/mol. The Hall–Kier alpha value is -2.41. The molecule has 0 aliphatic rings. The molecule has 5 nitrogen and oxygen atoms in total. The van der Waals surface area contributed by atoms with Crippen LogP contribution in [0.5, 0.6) is 11.5 Å². The van der Waals surface area contributed by atoms with Crippen LogP contribution in [0.3, 0.4) is 0 Å². The molecule has 152 valence electrons. The second-order valence-electron chi connectivity index (χ2n) is 6.14. The predicted molar refractivity (Wildman–Crippen MR) is 115 cm³/mol. The molecule has 2 N–H and O–H groups in total. The predicted octanol–water partition coefficient (Wildman–Crippen LogP) is 3.61. The van der Waals surface area contributed by atoms with Gasteiger partial charge in [-0.2, -0.15) is 11.8 Å². The van der Waals surface area contributed by atoms with E-state index >= 15 is 0 Å². The highest BCUT2D eigenvalue weighted by Crippen LogP contribution is 2.27. The quantitative estimate of drug-likeness (QED) is 0.493. The molecule has 0 unspecified atom stereocenters. The molecule has 0 bridgehead atoms. The molecule has 0 radical (unpaired) electrons. The Kier molecular flexibility index (Phi) is 8.94. The molecule has 0 aromatic heterocycles. The van der Waals surface area contributed by atoms with E-state index in [0.717, 1.165) is 46.9 Å². The molecule has 28 heavy (non-hydrogen) atoms. The smallest absolute Gasteiger partial charge is 0.191 e. The van der Waals surface area contributed by atoms with E-state index < -0.39 is 0 Å². The van der Waals surface area contributed by atoms with Crippen molar-refractivity contribution < 1.29 is 13.9 Å². The van der Waals surface area contributed by atoms with Crippen molar-refractivity contribution in [2.75, 3.05) is 34.1 Å². The van der Waals surface area contributed by atoms with Gasteiger partial charge in [0.15, 0.2) is 17.5 Å². The number of nitrogens with zero attached hydrogens (tertiary/aromatic N) is 1. The minimum Gasteiger partial charge on any atom is -0.493 e. The summed E-state index contributed by atoms with van der Waals surface area (Å²) >= 11 is 1.68. The van der Waals surface area contributed by atoms with Crippen LogP contribution in [0.15, 0.2) is 41.4 Å². The lowest BCUT2D eigenvalue weighted by Gasteiger charge is -2.15. The summed E-state index contributed by atoms with van der Waals surface area (Å²) in [7, 11) is 4.99. The number of halogens is 1. The van der Waals surface area contributed by atoms with Crippen LogP contribution in [0, 0.1) is 5.82 Å². The molecule has 0 atom stereocenters. The minimum atomic E-state index is -0.203. The second kappa shape index (κ2) is 11.4. The Morgan fingerprint density at radius 2 is 1.82 bits per heavy atom. The van der Waals surface area contributed by atoms with Gasteiger partial charge in [-0.25, -0.2) is 4.39 Å². The third-order valence-electron chi connectivity index (χ3n) is 4.29. The van der Waals surface area contributed by atoms with Crippen LogP contribution in [-0.2, 0) is 18.7 Å². The van der Waals surface area contributed by atoms with Gasteiger partial charge in [-0.15, -0.1) is 0 Å². The van der Waals surface area contributed by atoms with Crippen LogP contribution in [-0.4, -0.2) is 40.0 Å². The lowest BCUT2D eigenvalue weighted by Crippen LogP contribution is -2.38. The molecule has 0 amide bonds. The van der Waals surface area contributed by atoms with Crippen molar-refractivity contribution in [3.63, 3.8) is 0 Å².